The highest BCUT2D eigenvalue weighted by Crippen LogP contribution is 2.54. The molecule has 0 aliphatic heterocycles. The Hall–Kier alpha value is -7.18. The van der Waals surface area contributed by atoms with E-state index in [4.69, 9.17) is 0 Å². The van der Waals surface area contributed by atoms with E-state index in [-0.39, 0.29) is 0 Å². The summed E-state index contributed by atoms with van der Waals surface area (Å²) in [6.07, 6.45) is 14.3. The third-order valence-electron chi connectivity index (χ3n) is 13.5. The molecule has 0 saturated heterocycles. The highest BCUT2D eigenvalue weighted by atomic mass is 32.3. The first-order valence-corrected chi connectivity index (χ1v) is 28.7. The molecule has 12 aromatic rings. The number of anilines is 6. The molecule has 10 aromatic carbocycles. The maximum absolute atomic E-state index is 2.56. The molecule has 5 heteroatoms. The van der Waals surface area contributed by atoms with Crippen molar-refractivity contribution in [3.63, 3.8) is 0 Å². The van der Waals surface area contributed by atoms with E-state index < -0.39 is 20.1 Å². The van der Waals surface area contributed by atoms with Crippen LogP contribution in [0.3, 0.4) is 0 Å². The van der Waals surface area contributed by atoms with Crippen LogP contribution >= 0.6 is 20.1 Å². The van der Waals surface area contributed by atoms with E-state index in [1.165, 1.54) is 91.9 Å². The third-order valence-corrected chi connectivity index (χ3v) is 16.8. The number of aromatic nitrogens is 1. The van der Waals surface area contributed by atoms with E-state index in [0.29, 0.717) is 0 Å². The summed E-state index contributed by atoms with van der Waals surface area (Å²) in [5.41, 5.74) is 13.2. The predicted molar refractivity (Wildman–Crippen MR) is 298 cm³/mol. The molecule has 0 aliphatic rings. The van der Waals surface area contributed by atoms with Crippen LogP contribution < -0.4 is 9.80 Å². The largest absolute Gasteiger partial charge is 0.309 e. The second-order valence-corrected chi connectivity index (χ2v) is 27.6. The van der Waals surface area contributed by atoms with E-state index >= 15 is 0 Å². The van der Waals surface area contributed by atoms with Gasteiger partial charge in [0.2, 0.25) is 0 Å². The molecule has 328 valence electrons. The quantitative estimate of drug-likeness (QED) is 0.143. The van der Waals surface area contributed by atoms with Crippen LogP contribution in [0.15, 0.2) is 222 Å². The van der Waals surface area contributed by atoms with Crippen molar-refractivity contribution in [2.45, 2.75) is 9.79 Å². The van der Waals surface area contributed by atoms with Gasteiger partial charge in [-0.05, 0) is 179 Å². The van der Waals surface area contributed by atoms with Gasteiger partial charge >= 0.3 is 0 Å². The van der Waals surface area contributed by atoms with Gasteiger partial charge in [-0.1, -0.05) is 103 Å². The molecular weight excluding hydrogens is 851 g/mol. The lowest BCUT2D eigenvalue weighted by atomic mass is 9.97. The first kappa shape index (κ1) is 41.3. The van der Waals surface area contributed by atoms with Gasteiger partial charge in [0.25, 0.3) is 0 Å². The van der Waals surface area contributed by atoms with Crippen molar-refractivity contribution in [1.82, 2.24) is 4.40 Å². The maximum Gasteiger partial charge on any atom is 0.0620 e. The van der Waals surface area contributed by atoms with Crippen LogP contribution in [0, 0.1) is 0 Å². The van der Waals surface area contributed by atoms with Crippen molar-refractivity contribution in [3.8, 4) is 11.1 Å². The zero-order valence-corrected chi connectivity index (χ0v) is 40.5. The maximum atomic E-state index is 2.56. The molecule has 2 heterocycles. The van der Waals surface area contributed by atoms with Gasteiger partial charge in [0.15, 0.2) is 0 Å². The molecule has 0 radical (unpaired) electrons. The monoisotopic (exact) mass is 903 g/mol. The fourth-order valence-corrected chi connectivity index (χ4v) is 13.0. The summed E-state index contributed by atoms with van der Waals surface area (Å²) in [5.74, 6) is 0. The number of fused-ring (bicyclic) bond motifs is 8. The number of nitrogens with zero attached hydrogens (tertiary/aromatic N) is 3. The van der Waals surface area contributed by atoms with Gasteiger partial charge in [0.05, 0.1) is 27.9 Å². The fourth-order valence-electron chi connectivity index (χ4n) is 10.4. The van der Waals surface area contributed by atoms with Gasteiger partial charge in [-0.2, -0.15) is 0 Å². The molecule has 0 unspecified atom stereocenters. The molecule has 12 rings (SSSR count). The molecule has 0 amide bonds. The normalized spacial score (nSPS) is 12.8. The van der Waals surface area contributed by atoms with Crippen molar-refractivity contribution < 1.29 is 0 Å². The third kappa shape index (κ3) is 6.99. The Balaban J connectivity index is 1.11. The minimum absolute atomic E-state index is 1.04. The van der Waals surface area contributed by atoms with Crippen molar-refractivity contribution in [2.24, 2.45) is 0 Å². The van der Waals surface area contributed by atoms with Crippen LogP contribution in [0.4, 0.5) is 34.1 Å². The van der Waals surface area contributed by atoms with E-state index in [2.05, 4.69) is 264 Å². The average Bonchev–Trinajstić information content (AvgIpc) is 3.83. The molecule has 0 aliphatic carbocycles. The average molecular weight is 904 g/mol. The van der Waals surface area contributed by atoms with Crippen LogP contribution in [0.5, 0.6) is 0 Å². The summed E-state index contributed by atoms with van der Waals surface area (Å²) in [6, 6.07) is 79.1. The summed E-state index contributed by atoms with van der Waals surface area (Å²) in [7, 11) is -2.09. The summed E-state index contributed by atoms with van der Waals surface area (Å²) in [5, 5.41) is 9.98. The van der Waals surface area contributed by atoms with Gasteiger partial charge < -0.3 is 14.2 Å². The lowest BCUT2D eigenvalue weighted by molar-refractivity contribution is 1.23. The molecular formula is C62H53N3S2. The van der Waals surface area contributed by atoms with Crippen molar-refractivity contribution >= 4 is 114 Å². The van der Waals surface area contributed by atoms with Gasteiger partial charge in [-0.3, -0.25) is 0 Å². The highest BCUT2D eigenvalue weighted by Gasteiger charge is 2.25. The first-order chi connectivity index (χ1) is 32.5. The lowest BCUT2D eigenvalue weighted by Gasteiger charge is -2.34. The molecule has 3 nitrogen and oxygen atoms in total. The Bertz CT molecular complexity index is 3600. The molecule has 0 spiro atoms. The number of benzene rings is 10. The zero-order chi connectivity index (χ0) is 45.6. The molecule has 0 saturated carbocycles. The number of para-hydroxylation sites is 4. The summed E-state index contributed by atoms with van der Waals surface area (Å²) in [6.45, 7) is 0. The molecule has 0 fully saturated rings. The summed E-state index contributed by atoms with van der Waals surface area (Å²) < 4.78 is 2.56. The van der Waals surface area contributed by atoms with Gasteiger partial charge in [-0.15, -0.1) is 0 Å². The van der Waals surface area contributed by atoms with Crippen LogP contribution in [0.1, 0.15) is 0 Å². The van der Waals surface area contributed by atoms with E-state index in [9.17, 15) is 0 Å². The topological polar surface area (TPSA) is 10.9 Å². The highest BCUT2D eigenvalue weighted by molar-refractivity contribution is 8.32. The Morgan fingerprint density at radius 1 is 0.313 bits per heavy atom. The Morgan fingerprint density at radius 2 is 0.716 bits per heavy atom. The second-order valence-electron chi connectivity index (χ2n) is 19.4. The fraction of sp³-hybridized carbons (Fsp3) is 0.0968. The molecule has 67 heavy (non-hydrogen) atoms. The van der Waals surface area contributed by atoms with Crippen LogP contribution in [-0.2, 0) is 0 Å². The molecule has 0 atom stereocenters. The molecule has 0 bridgehead atoms. The van der Waals surface area contributed by atoms with E-state index in [0.717, 1.165) is 22.7 Å². The van der Waals surface area contributed by atoms with Crippen LogP contribution in [0.25, 0.3) is 70.8 Å². The SMILES string of the molecule is CS(C)(C)c1ccccc1N(c1ccccc1)c1ccc2cc3c4cc(-c5ccccc5)cc5c6cc7ccc(N(c8ccccc8)c8ccccc8S(C)(C)C)cc7cc6n(c3cc2c1)c45. The van der Waals surface area contributed by atoms with Gasteiger partial charge in [-0.25, -0.2) is 20.1 Å². The van der Waals surface area contributed by atoms with E-state index in [1.54, 1.807) is 0 Å². The van der Waals surface area contributed by atoms with Crippen molar-refractivity contribution in [2.75, 3.05) is 47.3 Å². The number of hydrogen-bond acceptors (Lipinski definition) is 2. The standard InChI is InChI=1S/C62H53N3S2/c1-66(2,3)60-28-18-16-26-56(60)63(48-22-12-8-13-23-48)50-32-30-43-36-52-54-38-47(42-20-10-7-11-21-42)39-55-53-37-44-31-33-51(35-46(44)41-59(53)65(62(54)55)58(52)40-45(43)34-50)64(49-24-14-9-15-25-49)57-27-17-19-29-61(57)67(4,5)6/h7-41H,1-6H3. The molecule has 2 aromatic heterocycles. The molecule has 0 N–H and O–H groups in total. The minimum Gasteiger partial charge on any atom is -0.309 e. The van der Waals surface area contributed by atoms with Crippen LogP contribution in [-0.4, -0.2) is 41.9 Å². The zero-order valence-electron chi connectivity index (χ0n) is 38.9. The summed E-state index contributed by atoms with van der Waals surface area (Å²) in [4.78, 5) is 7.68. The Morgan fingerprint density at radius 3 is 1.15 bits per heavy atom. The Labute approximate surface area is 396 Å². The second kappa shape index (κ2) is 15.7. The summed E-state index contributed by atoms with van der Waals surface area (Å²) >= 11 is 0. The van der Waals surface area contributed by atoms with Crippen molar-refractivity contribution in [1.29, 1.82) is 0 Å². The predicted octanol–water partition coefficient (Wildman–Crippen LogP) is 17.9. The van der Waals surface area contributed by atoms with Crippen LogP contribution in [0.2, 0.25) is 0 Å². The first-order valence-electron chi connectivity index (χ1n) is 22.9. The minimum atomic E-state index is -1.04. The lowest BCUT2D eigenvalue weighted by Crippen LogP contribution is -2.12. The van der Waals surface area contributed by atoms with Crippen molar-refractivity contribution in [3.05, 3.63) is 212 Å². The van der Waals surface area contributed by atoms with E-state index in [1.807, 2.05) is 0 Å². The van der Waals surface area contributed by atoms with Gasteiger partial charge in [0.1, 0.15) is 0 Å². The number of rotatable bonds is 9. The Kier molecular flexibility index (Phi) is 9.69. The smallest absolute Gasteiger partial charge is 0.0620 e. The van der Waals surface area contributed by atoms with Gasteiger partial charge in [0, 0.05) is 54.1 Å². The number of hydrogen-bond donors (Lipinski definition) is 0.